The van der Waals surface area contributed by atoms with Crippen molar-refractivity contribution in [2.75, 3.05) is 5.32 Å². The highest BCUT2D eigenvalue weighted by Gasteiger charge is 2.11. The van der Waals surface area contributed by atoms with Crippen molar-refractivity contribution < 1.29 is 14.7 Å². The Morgan fingerprint density at radius 1 is 1.45 bits per heavy atom. The number of hydrogen-bond acceptors (Lipinski definition) is 4. The maximum Gasteiger partial charge on any atom is 0.358 e. The lowest BCUT2D eigenvalue weighted by Gasteiger charge is -2.07. The molecule has 20 heavy (non-hydrogen) atoms. The summed E-state index contributed by atoms with van der Waals surface area (Å²) in [7, 11) is 0. The van der Waals surface area contributed by atoms with E-state index >= 15 is 0 Å². The van der Waals surface area contributed by atoms with Crippen molar-refractivity contribution in [2.24, 2.45) is 0 Å². The third-order valence-corrected chi connectivity index (χ3v) is 2.77. The highest BCUT2D eigenvalue weighted by molar-refractivity contribution is 6.33. The summed E-state index contributed by atoms with van der Waals surface area (Å²) in [6, 6.07) is 5.24. The van der Waals surface area contributed by atoms with E-state index in [-0.39, 0.29) is 18.1 Å². The van der Waals surface area contributed by atoms with Gasteiger partial charge in [-0.1, -0.05) is 22.9 Å². The van der Waals surface area contributed by atoms with E-state index in [2.05, 4.69) is 15.6 Å². The number of carboxylic acid groups (broad SMARTS) is 1. The molecule has 0 unspecified atom stereocenters. The second-order valence-corrected chi connectivity index (χ2v) is 4.55. The predicted molar refractivity (Wildman–Crippen MR) is 71.8 cm³/mol. The number of halogens is 1. The molecule has 104 valence electrons. The molecule has 1 heterocycles. The van der Waals surface area contributed by atoms with Gasteiger partial charge in [-0.15, -0.1) is 5.10 Å². The first kappa shape index (κ1) is 14.0. The number of carboxylic acids is 1. The lowest BCUT2D eigenvalue weighted by Crippen LogP contribution is -2.19. The maximum absolute atomic E-state index is 11.8. The lowest BCUT2D eigenvalue weighted by molar-refractivity contribution is -0.116. The third kappa shape index (κ3) is 3.33. The van der Waals surface area contributed by atoms with Crippen molar-refractivity contribution in [1.29, 1.82) is 0 Å². The van der Waals surface area contributed by atoms with Crippen LogP contribution in [0.15, 0.2) is 24.4 Å². The minimum absolute atomic E-state index is 0.148. The van der Waals surface area contributed by atoms with Crippen molar-refractivity contribution in [2.45, 2.75) is 13.5 Å². The van der Waals surface area contributed by atoms with Crippen LogP contribution in [0.4, 0.5) is 5.69 Å². The number of nitrogens with one attached hydrogen (secondary N) is 1. The number of rotatable bonds is 4. The third-order valence-electron chi connectivity index (χ3n) is 2.46. The standard InChI is InChI=1S/C12H11ClN4O3/c1-7-2-3-9(8(13)4-7)14-11(18)6-17-5-10(12(19)20)15-16-17/h2-5H,6H2,1H3,(H,14,18)(H,19,20). The number of aromatic nitrogens is 3. The van der Waals surface area contributed by atoms with Crippen molar-refractivity contribution in [1.82, 2.24) is 15.0 Å². The normalized spacial score (nSPS) is 10.3. The lowest BCUT2D eigenvalue weighted by atomic mass is 10.2. The summed E-state index contributed by atoms with van der Waals surface area (Å²) >= 11 is 6.00. The number of anilines is 1. The van der Waals surface area contributed by atoms with Crippen LogP contribution < -0.4 is 5.32 Å². The summed E-state index contributed by atoms with van der Waals surface area (Å²) in [5, 5.41) is 18.7. The zero-order valence-electron chi connectivity index (χ0n) is 10.5. The Hall–Kier alpha value is -2.41. The molecule has 0 atom stereocenters. The highest BCUT2D eigenvalue weighted by atomic mass is 35.5. The van der Waals surface area contributed by atoms with E-state index in [0.29, 0.717) is 10.7 Å². The number of carbonyl (C=O) groups excluding carboxylic acids is 1. The number of benzene rings is 1. The van der Waals surface area contributed by atoms with Crippen LogP contribution in [0, 0.1) is 6.92 Å². The SMILES string of the molecule is Cc1ccc(NC(=O)Cn2cc(C(=O)O)nn2)c(Cl)c1. The maximum atomic E-state index is 11.8. The molecule has 1 aromatic carbocycles. The summed E-state index contributed by atoms with van der Waals surface area (Å²) in [5.41, 5.74) is 1.25. The fourth-order valence-electron chi connectivity index (χ4n) is 1.53. The van der Waals surface area contributed by atoms with Gasteiger partial charge >= 0.3 is 5.97 Å². The van der Waals surface area contributed by atoms with E-state index in [1.807, 2.05) is 13.0 Å². The monoisotopic (exact) mass is 294 g/mol. The van der Waals surface area contributed by atoms with Crippen LogP contribution >= 0.6 is 11.6 Å². The van der Waals surface area contributed by atoms with Crippen LogP contribution in [-0.4, -0.2) is 32.0 Å². The molecule has 2 N–H and O–H groups in total. The smallest absolute Gasteiger partial charge is 0.358 e. The van der Waals surface area contributed by atoms with Crippen LogP contribution in [-0.2, 0) is 11.3 Å². The van der Waals surface area contributed by atoms with E-state index in [4.69, 9.17) is 16.7 Å². The topological polar surface area (TPSA) is 97.1 Å². The van der Waals surface area contributed by atoms with Gasteiger partial charge in [0.15, 0.2) is 5.69 Å². The number of hydrogen-bond donors (Lipinski definition) is 2. The molecule has 8 heteroatoms. The van der Waals surface area contributed by atoms with Gasteiger partial charge in [-0.05, 0) is 24.6 Å². The molecule has 0 spiro atoms. The second kappa shape index (κ2) is 5.70. The number of carbonyl (C=O) groups is 2. The van der Waals surface area contributed by atoms with Gasteiger partial charge in [0.05, 0.1) is 16.9 Å². The Bertz CT molecular complexity index is 668. The molecular formula is C12H11ClN4O3. The predicted octanol–water partition coefficient (Wildman–Crippen LogP) is 1.58. The molecule has 0 aliphatic carbocycles. The second-order valence-electron chi connectivity index (χ2n) is 4.14. The van der Waals surface area contributed by atoms with Gasteiger partial charge in [0, 0.05) is 0 Å². The molecule has 1 aromatic heterocycles. The van der Waals surface area contributed by atoms with Crippen molar-refractivity contribution in [3.63, 3.8) is 0 Å². The Morgan fingerprint density at radius 3 is 2.80 bits per heavy atom. The molecule has 0 saturated heterocycles. The zero-order valence-corrected chi connectivity index (χ0v) is 11.3. The summed E-state index contributed by atoms with van der Waals surface area (Å²) < 4.78 is 1.14. The highest BCUT2D eigenvalue weighted by Crippen LogP contribution is 2.22. The van der Waals surface area contributed by atoms with Crippen LogP contribution in [0.25, 0.3) is 0 Å². The van der Waals surface area contributed by atoms with Crippen LogP contribution in [0.5, 0.6) is 0 Å². The molecule has 2 aromatic rings. The molecule has 1 amide bonds. The summed E-state index contributed by atoms with van der Waals surface area (Å²) in [5.74, 6) is -1.57. The van der Waals surface area contributed by atoms with Crippen LogP contribution in [0.2, 0.25) is 5.02 Å². The first-order valence-electron chi connectivity index (χ1n) is 5.65. The van der Waals surface area contributed by atoms with E-state index < -0.39 is 5.97 Å². The Labute approximate surface area is 119 Å². The Kier molecular flexibility index (Phi) is 3.99. The van der Waals surface area contributed by atoms with Crippen molar-refractivity contribution >= 4 is 29.2 Å². The molecule has 0 saturated carbocycles. The van der Waals surface area contributed by atoms with Gasteiger partial charge in [0.1, 0.15) is 6.54 Å². The van der Waals surface area contributed by atoms with E-state index in [0.717, 1.165) is 10.2 Å². The van der Waals surface area contributed by atoms with Gasteiger partial charge in [0.25, 0.3) is 0 Å². The van der Waals surface area contributed by atoms with Crippen molar-refractivity contribution in [3.8, 4) is 0 Å². The first-order chi connectivity index (χ1) is 9.45. The molecule has 0 fully saturated rings. The average Bonchev–Trinajstić information content (AvgIpc) is 2.81. The average molecular weight is 295 g/mol. The quantitative estimate of drug-likeness (QED) is 0.892. The number of aryl methyl sites for hydroxylation is 1. The van der Waals surface area contributed by atoms with Gasteiger partial charge < -0.3 is 10.4 Å². The Balaban J connectivity index is 2.03. The van der Waals surface area contributed by atoms with E-state index in [1.54, 1.807) is 12.1 Å². The number of aromatic carboxylic acids is 1. The fourth-order valence-corrected chi connectivity index (χ4v) is 1.81. The summed E-state index contributed by atoms with van der Waals surface area (Å²) in [4.78, 5) is 22.4. The van der Waals surface area contributed by atoms with E-state index in [9.17, 15) is 9.59 Å². The van der Waals surface area contributed by atoms with Crippen molar-refractivity contribution in [3.05, 3.63) is 40.7 Å². The first-order valence-corrected chi connectivity index (χ1v) is 6.03. The molecular weight excluding hydrogens is 284 g/mol. The van der Waals surface area contributed by atoms with E-state index in [1.165, 1.54) is 6.20 Å². The minimum Gasteiger partial charge on any atom is -0.476 e. The molecule has 0 aliphatic heterocycles. The molecule has 7 nitrogen and oxygen atoms in total. The zero-order chi connectivity index (χ0) is 14.7. The Morgan fingerprint density at radius 2 is 2.20 bits per heavy atom. The van der Waals surface area contributed by atoms with Gasteiger partial charge in [-0.25, -0.2) is 9.48 Å². The summed E-state index contributed by atoms with van der Waals surface area (Å²) in [6.07, 6.45) is 1.18. The number of nitrogens with zero attached hydrogens (tertiary/aromatic N) is 3. The molecule has 0 bridgehead atoms. The fraction of sp³-hybridized carbons (Fsp3) is 0.167. The van der Waals surface area contributed by atoms with Crippen LogP contribution in [0.1, 0.15) is 16.1 Å². The van der Waals surface area contributed by atoms with Crippen LogP contribution in [0.3, 0.4) is 0 Å². The summed E-state index contributed by atoms with van der Waals surface area (Å²) in [6.45, 7) is 1.74. The molecule has 0 aliphatic rings. The van der Waals surface area contributed by atoms with Gasteiger partial charge in [-0.3, -0.25) is 4.79 Å². The minimum atomic E-state index is -1.20. The molecule has 0 radical (unpaired) electrons. The largest absolute Gasteiger partial charge is 0.476 e. The van der Waals surface area contributed by atoms with Gasteiger partial charge in [0.2, 0.25) is 5.91 Å². The number of amides is 1. The van der Waals surface area contributed by atoms with Gasteiger partial charge in [-0.2, -0.15) is 0 Å². The molecule has 2 rings (SSSR count).